The number of allylic oxidation sites excluding steroid dienone is 1. The van der Waals surface area contributed by atoms with Crippen LogP contribution in [0.4, 0.5) is 0 Å². The molecule has 1 heteroatoms. The minimum absolute atomic E-state index is 0.0473. The Morgan fingerprint density at radius 1 is 1.00 bits per heavy atom. The van der Waals surface area contributed by atoms with Crippen LogP contribution in [0.3, 0.4) is 0 Å². The third-order valence-corrected chi connectivity index (χ3v) is 3.42. The Morgan fingerprint density at radius 2 is 1.42 bits per heavy atom. The SMILES string of the molecule is C=CCCc1cc(C(C)(C)C)c(O)c(C(C)(C)C)c1. The van der Waals surface area contributed by atoms with Gasteiger partial charge in [-0.1, -0.05) is 59.8 Å². The van der Waals surface area contributed by atoms with Crippen molar-refractivity contribution in [3.63, 3.8) is 0 Å². The van der Waals surface area contributed by atoms with Crippen LogP contribution in [-0.4, -0.2) is 5.11 Å². The Labute approximate surface area is 118 Å². The van der Waals surface area contributed by atoms with Crippen molar-refractivity contribution in [2.45, 2.75) is 65.2 Å². The molecule has 19 heavy (non-hydrogen) atoms. The van der Waals surface area contributed by atoms with E-state index in [9.17, 15) is 5.11 Å². The van der Waals surface area contributed by atoms with E-state index in [-0.39, 0.29) is 10.8 Å². The van der Waals surface area contributed by atoms with Gasteiger partial charge in [-0.3, -0.25) is 0 Å². The van der Waals surface area contributed by atoms with E-state index in [1.165, 1.54) is 5.56 Å². The van der Waals surface area contributed by atoms with Gasteiger partial charge >= 0.3 is 0 Å². The first kappa shape index (κ1) is 15.8. The van der Waals surface area contributed by atoms with Crippen LogP contribution in [0.15, 0.2) is 24.8 Å². The Kier molecular flexibility index (Phi) is 4.50. The monoisotopic (exact) mass is 260 g/mol. The Bertz CT molecular complexity index is 421. The van der Waals surface area contributed by atoms with Crippen LogP contribution in [-0.2, 0) is 17.3 Å². The molecule has 0 fully saturated rings. The maximum atomic E-state index is 10.6. The second-order valence-corrected chi connectivity index (χ2v) is 7.37. The van der Waals surface area contributed by atoms with Gasteiger partial charge in [0, 0.05) is 0 Å². The number of rotatable bonds is 3. The van der Waals surface area contributed by atoms with Crippen LogP contribution in [0.25, 0.3) is 0 Å². The van der Waals surface area contributed by atoms with Gasteiger partial charge in [-0.2, -0.15) is 0 Å². The second kappa shape index (κ2) is 5.40. The summed E-state index contributed by atoms with van der Waals surface area (Å²) in [5.74, 6) is 0.461. The quantitative estimate of drug-likeness (QED) is 0.749. The van der Waals surface area contributed by atoms with Crippen molar-refractivity contribution in [2.24, 2.45) is 0 Å². The lowest BCUT2D eigenvalue weighted by Crippen LogP contribution is -2.17. The van der Waals surface area contributed by atoms with E-state index < -0.39 is 0 Å². The molecule has 0 aliphatic rings. The average molecular weight is 260 g/mol. The Morgan fingerprint density at radius 3 is 1.74 bits per heavy atom. The van der Waals surface area contributed by atoms with Gasteiger partial charge in [0.15, 0.2) is 0 Å². The molecule has 0 aliphatic heterocycles. The third-order valence-electron chi connectivity index (χ3n) is 3.42. The number of aromatic hydroxyl groups is 1. The fourth-order valence-corrected chi connectivity index (χ4v) is 2.25. The van der Waals surface area contributed by atoms with Gasteiger partial charge in [-0.15, -0.1) is 6.58 Å². The number of aryl methyl sites for hydroxylation is 1. The Hall–Kier alpha value is -1.24. The number of hydrogen-bond donors (Lipinski definition) is 1. The molecule has 0 saturated heterocycles. The lowest BCUT2D eigenvalue weighted by molar-refractivity contribution is 0.422. The van der Waals surface area contributed by atoms with Crippen LogP contribution >= 0.6 is 0 Å². The van der Waals surface area contributed by atoms with E-state index >= 15 is 0 Å². The van der Waals surface area contributed by atoms with Crippen molar-refractivity contribution in [3.8, 4) is 5.75 Å². The summed E-state index contributed by atoms with van der Waals surface area (Å²) in [6.07, 6.45) is 3.90. The van der Waals surface area contributed by atoms with Gasteiger partial charge in [0.1, 0.15) is 5.75 Å². The molecule has 0 bridgehead atoms. The van der Waals surface area contributed by atoms with E-state index in [2.05, 4.69) is 60.3 Å². The molecule has 0 heterocycles. The summed E-state index contributed by atoms with van der Waals surface area (Å²) in [6.45, 7) is 16.7. The largest absolute Gasteiger partial charge is 0.507 e. The van der Waals surface area contributed by atoms with E-state index in [1.54, 1.807) is 0 Å². The first-order valence-electron chi connectivity index (χ1n) is 7.05. The van der Waals surface area contributed by atoms with Crippen molar-refractivity contribution in [3.05, 3.63) is 41.5 Å². The number of phenolic OH excluding ortho intramolecular Hbond substituents is 1. The Balaban J connectivity index is 3.43. The molecule has 0 aliphatic carbocycles. The summed E-state index contributed by atoms with van der Waals surface area (Å²) in [6, 6.07) is 4.29. The second-order valence-electron chi connectivity index (χ2n) is 7.37. The van der Waals surface area contributed by atoms with E-state index in [1.807, 2.05) is 6.08 Å². The average Bonchev–Trinajstić information content (AvgIpc) is 2.24. The highest BCUT2D eigenvalue weighted by atomic mass is 16.3. The molecular formula is C18H28O. The van der Waals surface area contributed by atoms with Crippen molar-refractivity contribution in [2.75, 3.05) is 0 Å². The maximum absolute atomic E-state index is 10.6. The molecule has 1 rings (SSSR count). The van der Waals surface area contributed by atoms with E-state index in [4.69, 9.17) is 0 Å². The van der Waals surface area contributed by atoms with Gasteiger partial charge in [-0.05, 0) is 40.4 Å². The molecular weight excluding hydrogens is 232 g/mol. The van der Waals surface area contributed by atoms with E-state index in [0.717, 1.165) is 24.0 Å². The standard InChI is InChI=1S/C18H28O/c1-8-9-10-13-11-14(17(2,3)4)16(19)15(12-13)18(5,6)7/h8,11-12,19H,1,9-10H2,2-7H3. The molecule has 0 aromatic heterocycles. The van der Waals surface area contributed by atoms with Gasteiger partial charge in [0.25, 0.3) is 0 Å². The first-order chi connectivity index (χ1) is 8.57. The topological polar surface area (TPSA) is 20.2 Å². The zero-order valence-electron chi connectivity index (χ0n) is 13.3. The molecule has 0 saturated carbocycles. The highest BCUT2D eigenvalue weighted by molar-refractivity contribution is 5.49. The molecule has 1 N–H and O–H groups in total. The van der Waals surface area contributed by atoms with Crippen LogP contribution in [0.1, 0.15) is 64.7 Å². The van der Waals surface area contributed by atoms with Crippen molar-refractivity contribution < 1.29 is 5.11 Å². The molecule has 1 aromatic rings. The minimum atomic E-state index is -0.0473. The number of phenols is 1. The highest BCUT2D eigenvalue weighted by Crippen LogP contribution is 2.39. The lowest BCUT2D eigenvalue weighted by atomic mass is 9.78. The summed E-state index contributed by atoms with van der Waals surface area (Å²) in [5, 5.41) is 10.6. The molecule has 0 radical (unpaired) electrons. The first-order valence-corrected chi connectivity index (χ1v) is 7.05. The molecule has 0 spiro atoms. The fourth-order valence-electron chi connectivity index (χ4n) is 2.25. The van der Waals surface area contributed by atoms with Crippen molar-refractivity contribution in [1.29, 1.82) is 0 Å². The molecule has 106 valence electrons. The summed E-state index contributed by atoms with van der Waals surface area (Å²) >= 11 is 0. The van der Waals surface area contributed by atoms with Crippen LogP contribution < -0.4 is 0 Å². The van der Waals surface area contributed by atoms with E-state index in [0.29, 0.717) is 5.75 Å². The summed E-state index contributed by atoms with van der Waals surface area (Å²) in [7, 11) is 0. The van der Waals surface area contributed by atoms with Crippen molar-refractivity contribution >= 4 is 0 Å². The molecule has 0 atom stereocenters. The third kappa shape index (κ3) is 3.86. The predicted octanol–water partition coefficient (Wildman–Crippen LogP) is 5.11. The lowest BCUT2D eigenvalue weighted by Gasteiger charge is -2.28. The highest BCUT2D eigenvalue weighted by Gasteiger charge is 2.26. The zero-order valence-corrected chi connectivity index (χ0v) is 13.3. The smallest absolute Gasteiger partial charge is 0.123 e. The number of hydrogen-bond acceptors (Lipinski definition) is 1. The maximum Gasteiger partial charge on any atom is 0.123 e. The predicted molar refractivity (Wildman–Crippen MR) is 84.0 cm³/mol. The summed E-state index contributed by atoms with van der Waals surface area (Å²) in [5.41, 5.74) is 3.27. The molecule has 0 unspecified atom stereocenters. The molecule has 1 nitrogen and oxygen atoms in total. The van der Waals surface area contributed by atoms with Crippen LogP contribution in [0, 0.1) is 0 Å². The number of benzene rings is 1. The van der Waals surface area contributed by atoms with Gasteiger partial charge < -0.3 is 5.11 Å². The van der Waals surface area contributed by atoms with Crippen molar-refractivity contribution in [1.82, 2.24) is 0 Å². The normalized spacial score (nSPS) is 12.5. The fraction of sp³-hybridized carbons (Fsp3) is 0.556. The summed E-state index contributed by atoms with van der Waals surface area (Å²) < 4.78 is 0. The molecule has 0 amide bonds. The zero-order chi connectivity index (χ0) is 14.8. The van der Waals surface area contributed by atoms with Gasteiger partial charge in [0.05, 0.1) is 0 Å². The minimum Gasteiger partial charge on any atom is -0.507 e. The van der Waals surface area contributed by atoms with Gasteiger partial charge in [-0.25, -0.2) is 0 Å². The van der Waals surface area contributed by atoms with Crippen LogP contribution in [0.5, 0.6) is 5.75 Å². The van der Waals surface area contributed by atoms with Crippen LogP contribution in [0.2, 0.25) is 0 Å². The van der Waals surface area contributed by atoms with Gasteiger partial charge in [0.2, 0.25) is 0 Å². The summed E-state index contributed by atoms with van der Waals surface area (Å²) in [4.78, 5) is 0. The molecule has 1 aromatic carbocycles.